The third kappa shape index (κ3) is 1.92. The zero-order valence-corrected chi connectivity index (χ0v) is 9.28. The fraction of sp³-hybridized carbons (Fsp3) is 0.455. The molecule has 0 saturated carbocycles. The maximum Gasteiger partial charge on any atom is 0.107 e. The number of nitrogens with zero attached hydrogens (tertiary/aromatic N) is 3. The van der Waals surface area contributed by atoms with Crippen LogP contribution >= 0.6 is 0 Å². The molecule has 3 nitrogen and oxygen atoms in total. The summed E-state index contributed by atoms with van der Waals surface area (Å²) in [6, 6.07) is 2.06. The molecular formula is C11H17N3. The standard InChI is InChI=1S/C9H11N3.C2H6/c1-3-12-6-11-8-5-10-7(2)4-9(8)12;1-2/h4-6H,3H2,1-2H3;1-2H3. The highest BCUT2D eigenvalue weighted by atomic mass is 15.0. The molecule has 76 valence electrons. The summed E-state index contributed by atoms with van der Waals surface area (Å²) in [4.78, 5) is 8.41. The van der Waals surface area contributed by atoms with Crippen molar-refractivity contribution < 1.29 is 0 Å². The molecule has 3 heteroatoms. The van der Waals surface area contributed by atoms with Crippen molar-refractivity contribution in [1.29, 1.82) is 0 Å². The van der Waals surface area contributed by atoms with Crippen LogP contribution in [0.15, 0.2) is 18.6 Å². The number of pyridine rings is 1. The van der Waals surface area contributed by atoms with Crippen molar-refractivity contribution in [2.24, 2.45) is 0 Å². The molecule has 2 heterocycles. The number of hydrogen-bond donors (Lipinski definition) is 0. The molecule has 0 unspecified atom stereocenters. The first-order chi connectivity index (χ1) is 6.81. The summed E-state index contributed by atoms with van der Waals surface area (Å²) in [7, 11) is 0. The van der Waals surface area contributed by atoms with Crippen molar-refractivity contribution in [3.63, 3.8) is 0 Å². The first-order valence-electron chi connectivity index (χ1n) is 5.08. The van der Waals surface area contributed by atoms with Gasteiger partial charge in [0.15, 0.2) is 0 Å². The number of aryl methyl sites for hydroxylation is 2. The van der Waals surface area contributed by atoms with Crippen LogP contribution in [-0.2, 0) is 6.54 Å². The second-order valence-corrected chi connectivity index (χ2v) is 2.84. The molecule has 0 aromatic carbocycles. The molecule has 0 spiro atoms. The van der Waals surface area contributed by atoms with Gasteiger partial charge in [-0.15, -0.1) is 0 Å². The van der Waals surface area contributed by atoms with E-state index in [9.17, 15) is 0 Å². The minimum atomic E-state index is 0.958. The van der Waals surface area contributed by atoms with Crippen LogP contribution < -0.4 is 0 Å². The van der Waals surface area contributed by atoms with Crippen molar-refractivity contribution in [3.05, 3.63) is 24.3 Å². The molecule has 0 aliphatic rings. The lowest BCUT2D eigenvalue weighted by Gasteiger charge is -1.98. The Kier molecular flexibility index (Phi) is 3.63. The molecule has 0 saturated heterocycles. The van der Waals surface area contributed by atoms with Gasteiger partial charge in [-0.2, -0.15) is 0 Å². The van der Waals surface area contributed by atoms with Gasteiger partial charge in [0.2, 0.25) is 0 Å². The van der Waals surface area contributed by atoms with Crippen LogP contribution in [0.1, 0.15) is 26.5 Å². The van der Waals surface area contributed by atoms with Crippen molar-refractivity contribution in [1.82, 2.24) is 14.5 Å². The second-order valence-electron chi connectivity index (χ2n) is 2.84. The average Bonchev–Trinajstić information content (AvgIpc) is 2.63. The average molecular weight is 191 g/mol. The van der Waals surface area contributed by atoms with Gasteiger partial charge < -0.3 is 4.57 Å². The molecule has 0 fully saturated rings. The Morgan fingerprint density at radius 3 is 2.64 bits per heavy atom. The number of imidazole rings is 1. The Labute approximate surface area is 84.8 Å². The van der Waals surface area contributed by atoms with Crippen LogP contribution in [0.4, 0.5) is 0 Å². The van der Waals surface area contributed by atoms with E-state index < -0.39 is 0 Å². The predicted octanol–water partition coefficient (Wildman–Crippen LogP) is 2.79. The summed E-state index contributed by atoms with van der Waals surface area (Å²) in [6.45, 7) is 9.06. The SMILES string of the molecule is CC.CCn1cnc2cnc(C)cc21. The van der Waals surface area contributed by atoms with Crippen molar-refractivity contribution in [3.8, 4) is 0 Å². The Balaban J connectivity index is 0.000000461. The summed E-state index contributed by atoms with van der Waals surface area (Å²) in [6.07, 6.45) is 3.67. The lowest BCUT2D eigenvalue weighted by Crippen LogP contribution is -1.91. The van der Waals surface area contributed by atoms with Gasteiger partial charge >= 0.3 is 0 Å². The summed E-state index contributed by atoms with van der Waals surface area (Å²) in [5.41, 5.74) is 3.19. The maximum absolute atomic E-state index is 4.23. The molecule has 0 aliphatic heterocycles. The third-order valence-electron chi connectivity index (χ3n) is 1.98. The molecule has 2 rings (SSSR count). The lowest BCUT2D eigenvalue weighted by molar-refractivity contribution is 0.786. The Morgan fingerprint density at radius 1 is 1.29 bits per heavy atom. The van der Waals surface area contributed by atoms with E-state index in [2.05, 4.69) is 27.5 Å². The van der Waals surface area contributed by atoms with Crippen LogP contribution in [-0.4, -0.2) is 14.5 Å². The fourth-order valence-corrected chi connectivity index (χ4v) is 1.31. The van der Waals surface area contributed by atoms with Crippen molar-refractivity contribution >= 4 is 11.0 Å². The number of rotatable bonds is 1. The molecule has 0 amide bonds. The third-order valence-corrected chi connectivity index (χ3v) is 1.98. The molecule has 14 heavy (non-hydrogen) atoms. The van der Waals surface area contributed by atoms with Crippen molar-refractivity contribution in [2.45, 2.75) is 34.2 Å². The van der Waals surface area contributed by atoms with E-state index in [4.69, 9.17) is 0 Å². The number of fused-ring (bicyclic) bond motifs is 1. The van der Waals surface area contributed by atoms with Crippen LogP contribution in [0, 0.1) is 6.92 Å². The minimum Gasteiger partial charge on any atom is -0.331 e. The van der Waals surface area contributed by atoms with Gasteiger partial charge in [0.25, 0.3) is 0 Å². The van der Waals surface area contributed by atoms with Crippen LogP contribution in [0.5, 0.6) is 0 Å². The normalized spacial score (nSPS) is 9.71. The van der Waals surface area contributed by atoms with E-state index >= 15 is 0 Å². The van der Waals surface area contributed by atoms with Gasteiger partial charge in [0, 0.05) is 12.2 Å². The van der Waals surface area contributed by atoms with Gasteiger partial charge in [-0.25, -0.2) is 4.98 Å². The molecule has 0 N–H and O–H groups in total. The number of hydrogen-bond acceptors (Lipinski definition) is 2. The molecule has 0 bridgehead atoms. The fourth-order valence-electron chi connectivity index (χ4n) is 1.31. The topological polar surface area (TPSA) is 30.7 Å². The van der Waals surface area contributed by atoms with E-state index in [-0.39, 0.29) is 0 Å². The molecule has 0 radical (unpaired) electrons. The quantitative estimate of drug-likeness (QED) is 0.694. The molecule has 0 aliphatic carbocycles. The monoisotopic (exact) mass is 191 g/mol. The Morgan fingerprint density at radius 2 is 2.00 bits per heavy atom. The molecule has 2 aromatic rings. The lowest BCUT2D eigenvalue weighted by atomic mass is 10.3. The van der Waals surface area contributed by atoms with Gasteiger partial charge in [-0.05, 0) is 19.9 Å². The Bertz CT molecular complexity index is 404. The predicted molar refractivity (Wildman–Crippen MR) is 59.3 cm³/mol. The zero-order chi connectivity index (χ0) is 10.6. The van der Waals surface area contributed by atoms with Gasteiger partial charge in [0.1, 0.15) is 5.52 Å². The van der Waals surface area contributed by atoms with E-state index in [0.29, 0.717) is 0 Å². The first kappa shape index (κ1) is 10.7. The summed E-state index contributed by atoms with van der Waals surface area (Å²) < 4.78 is 2.12. The first-order valence-corrected chi connectivity index (χ1v) is 5.08. The second kappa shape index (κ2) is 4.74. The van der Waals surface area contributed by atoms with Crippen molar-refractivity contribution in [2.75, 3.05) is 0 Å². The van der Waals surface area contributed by atoms with Crippen LogP contribution in [0.25, 0.3) is 11.0 Å². The summed E-state index contributed by atoms with van der Waals surface area (Å²) >= 11 is 0. The smallest absolute Gasteiger partial charge is 0.107 e. The molecule has 2 aromatic heterocycles. The summed E-state index contributed by atoms with van der Waals surface area (Å²) in [5, 5.41) is 0. The number of aromatic nitrogens is 3. The largest absolute Gasteiger partial charge is 0.331 e. The zero-order valence-electron chi connectivity index (χ0n) is 9.28. The minimum absolute atomic E-state index is 0.958. The highest BCUT2D eigenvalue weighted by Crippen LogP contribution is 2.11. The van der Waals surface area contributed by atoms with E-state index in [1.165, 1.54) is 5.52 Å². The highest BCUT2D eigenvalue weighted by molar-refractivity contribution is 5.74. The van der Waals surface area contributed by atoms with Gasteiger partial charge in [-0.3, -0.25) is 4.98 Å². The van der Waals surface area contributed by atoms with E-state index in [0.717, 1.165) is 17.8 Å². The highest BCUT2D eigenvalue weighted by Gasteiger charge is 2.00. The molecular weight excluding hydrogens is 174 g/mol. The Hall–Kier alpha value is -1.38. The summed E-state index contributed by atoms with van der Waals surface area (Å²) in [5.74, 6) is 0. The van der Waals surface area contributed by atoms with Gasteiger partial charge in [0.05, 0.1) is 18.0 Å². The van der Waals surface area contributed by atoms with E-state index in [1.54, 1.807) is 0 Å². The van der Waals surface area contributed by atoms with E-state index in [1.807, 2.05) is 33.3 Å². The van der Waals surface area contributed by atoms with Gasteiger partial charge in [-0.1, -0.05) is 13.8 Å². The van der Waals surface area contributed by atoms with Crippen LogP contribution in [0.3, 0.4) is 0 Å². The maximum atomic E-state index is 4.23. The molecule has 0 atom stereocenters. The van der Waals surface area contributed by atoms with Crippen LogP contribution in [0.2, 0.25) is 0 Å².